The molecule has 0 aromatic heterocycles. The Morgan fingerprint density at radius 3 is 3.06 bits per heavy atom. The second kappa shape index (κ2) is 4.63. The largest absolute Gasteiger partial charge is 0.493 e. The minimum Gasteiger partial charge on any atom is -0.493 e. The standard InChI is InChI=1S/C12H15NO4/c1-16-10-3-2-7(6-9(13)12(14)15)8-4-5-17-11(8)10/h2-3,9H,4-6,13H2,1H3,(H,14,15)/t9-/m0/s1. The summed E-state index contributed by atoms with van der Waals surface area (Å²) in [6, 6.07) is 2.76. The van der Waals surface area contributed by atoms with Gasteiger partial charge in [0.05, 0.1) is 13.7 Å². The number of ether oxygens (including phenoxy) is 2. The van der Waals surface area contributed by atoms with E-state index in [1.54, 1.807) is 13.2 Å². The van der Waals surface area contributed by atoms with Crippen molar-refractivity contribution in [3.63, 3.8) is 0 Å². The van der Waals surface area contributed by atoms with Crippen molar-refractivity contribution in [2.75, 3.05) is 13.7 Å². The first kappa shape index (κ1) is 11.7. The lowest BCUT2D eigenvalue weighted by molar-refractivity contribution is -0.138. The van der Waals surface area contributed by atoms with Crippen molar-refractivity contribution >= 4 is 5.97 Å². The second-order valence-corrected chi connectivity index (χ2v) is 3.98. The summed E-state index contributed by atoms with van der Waals surface area (Å²) in [5, 5.41) is 8.81. The van der Waals surface area contributed by atoms with Gasteiger partial charge in [-0.2, -0.15) is 0 Å². The van der Waals surface area contributed by atoms with Crippen LogP contribution in [0.25, 0.3) is 0 Å². The average molecular weight is 237 g/mol. The van der Waals surface area contributed by atoms with E-state index in [0.717, 1.165) is 23.3 Å². The van der Waals surface area contributed by atoms with Crippen molar-refractivity contribution < 1.29 is 19.4 Å². The lowest BCUT2D eigenvalue weighted by Crippen LogP contribution is -2.32. The quantitative estimate of drug-likeness (QED) is 0.800. The fourth-order valence-corrected chi connectivity index (χ4v) is 2.01. The number of hydrogen-bond donors (Lipinski definition) is 2. The molecule has 1 aliphatic heterocycles. The van der Waals surface area contributed by atoms with Crippen molar-refractivity contribution in [3.8, 4) is 11.5 Å². The molecule has 92 valence electrons. The number of carboxylic acids is 1. The summed E-state index contributed by atoms with van der Waals surface area (Å²) in [7, 11) is 1.58. The van der Waals surface area contributed by atoms with Gasteiger partial charge in [0.1, 0.15) is 6.04 Å². The Morgan fingerprint density at radius 1 is 1.65 bits per heavy atom. The Morgan fingerprint density at radius 2 is 2.41 bits per heavy atom. The Kier molecular flexibility index (Phi) is 3.19. The van der Waals surface area contributed by atoms with Gasteiger partial charge in [-0.15, -0.1) is 0 Å². The molecule has 0 amide bonds. The van der Waals surface area contributed by atoms with Gasteiger partial charge in [-0.25, -0.2) is 0 Å². The number of aliphatic carboxylic acids is 1. The Hall–Kier alpha value is -1.75. The van der Waals surface area contributed by atoms with E-state index in [0.29, 0.717) is 18.8 Å². The molecule has 0 saturated heterocycles. The summed E-state index contributed by atoms with van der Waals surface area (Å²) < 4.78 is 10.7. The normalized spacial score (nSPS) is 14.9. The van der Waals surface area contributed by atoms with Crippen molar-refractivity contribution in [1.29, 1.82) is 0 Å². The van der Waals surface area contributed by atoms with Gasteiger partial charge in [-0.05, 0) is 18.1 Å². The maximum atomic E-state index is 10.7. The van der Waals surface area contributed by atoms with Crippen LogP contribution in [0.4, 0.5) is 0 Å². The molecule has 17 heavy (non-hydrogen) atoms. The Balaban J connectivity index is 2.30. The number of nitrogens with two attached hydrogens (primary N) is 1. The molecule has 1 heterocycles. The van der Waals surface area contributed by atoms with E-state index in [9.17, 15) is 4.79 Å². The van der Waals surface area contributed by atoms with E-state index in [1.807, 2.05) is 6.07 Å². The molecule has 5 heteroatoms. The zero-order valence-electron chi connectivity index (χ0n) is 9.60. The third-order valence-corrected chi connectivity index (χ3v) is 2.90. The van der Waals surface area contributed by atoms with E-state index in [4.69, 9.17) is 20.3 Å². The number of hydrogen-bond acceptors (Lipinski definition) is 4. The van der Waals surface area contributed by atoms with E-state index in [2.05, 4.69) is 0 Å². The number of benzene rings is 1. The fraction of sp³-hybridized carbons (Fsp3) is 0.417. The summed E-state index contributed by atoms with van der Waals surface area (Å²) in [5.74, 6) is 0.418. The predicted octanol–water partition coefficient (Wildman–Crippen LogP) is 0.585. The molecular weight excluding hydrogens is 222 g/mol. The Labute approximate surface area is 99.1 Å². The van der Waals surface area contributed by atoms with Crippen molar-refractivity contribution in [2.45, 2.75) is 18.9 Å². The molecule has 1 atom stereocenters. The first-order chi connectivity index (χ1) is 8.13. The molecule has 0 radical (unpaired) electrons. The molecule has 0 bridgehead atoms. The molecule has 5 nitrogen and oxygen atoms in total. The minimum absolute atomic E-state index is 0.311. The van der Waals surface area contributed by atoms with Gasteiger partial charge < -0.3 is 20.3 Å². The maximum absolute atomic E-state index is 10.7. The number of methoxy groups -OCH3 is 1. The van der Waals surface area contributed by atoms with E-state index in [-0.39, 0.29) is 0 Å². The van der Waals surface area contributed by atoms with Gasteiger partial charge in [0.15, 0.2) is 11.5 Å². The molecule has 1 aliphatic rings. The van der Waals surface area contributed by atoms with Gasteiger partial charge in [0.2, 0.25) is 0 Å². The summed E-state index contributed by atoms with van der Waals surface area (Å²) in [4.78, 5) is 10.7. The third-order valence-electron chi connectivity index (χ3n) is 2.90. The van der Waals surface area contributed by atoms with Crippen LogP contribution in [0.3, 0.4) is 0 Å². The molecule has 3 N–H and O–H groups in total. The number of fused-ring (bicyclic) bond motifs is 1. The topological polar surface area (TPSA) is 81.8 Å². The minimum atomic E-state index is -0.992. The van der Waals surface area contributed by atoms with E-state index in [1.165, 1.54) is 0 Å². The smallest absolute Gasteiger partial charge is 0.320 e. The average Bonchev–Trinajstić information content (AvgIpc) is 2.78. The van der Waals surface area contributed by atoms with Crippen LogP contribution in [0.5, 0.6) is 11.5 Å². The third kappa shape index (κ3) is 2.19. The number of rotatable bonds is 4. The number of carboxylic acid groups (broad SMARTS) is 1. The highest BCUT2D eigenvalue weighted by molar-refractivity contribution is 5.73. The predicted molar refractivity (Wildman–Crippen MR) is 61.5 cm³/mol. The monoisotopic (exact) mass is 237 g/mol. The van der Waals surface area contributed by atoms with Crippen molar-refractivity contribution in [3.05, 3.63) is 23.3 Å². The van der Waals surface area contributed by atoms with Crippen LogP contribution < -0.4 is 15.2 Å². The second-order valence-electron chi connectivity index (χ2n) is 3.98. The van der Waals surface area contributed by atoms with Crippen LogP contribution in [0.15, 0.2) is 12.1 Å². The Bertz CT molecular complexity index is 444. The van der Waals surface area contributed by atoms with Gasteiger partial charge in [0.25, 0.3) is 0 Å². The van der Waals surface area contributed by atoms with E-state index < -0.39 is 12.0 Å². The molecule has 2 rings (SSSR count). The fourth-order valence-electron chi connectivity index (χ4n) is 2.01. The lowest BCUT2D eigenvalue weighted by Gasteiger charge is -2.12. The van der Waals surface area contributed by atoms with E-state index >= 15 is 0 Å². The summed E-state index contributed by atoms with van der Waals surface area (Å²) in [6.45, 7) is 0.602. The molecule has 1 aromatic rings. The first-order valence-electron chi connectivity index (χ1n) is 5.43. The molecule has 0 spiro atoms. The van der Waals surface area contributed by atoms with Crippen molar-refractivity contribution in [1.82, 2.24) is 0 Å². The SMILES string of the molecule is COc1ccc(C[C@H](N)C(=O)O)c2c1OCC2. The first-order valence-corrected chi connectivity index (χ1v) is 5.43. The molecule has 0 unspecified atom stereocenters. The maximum Gasteiger partial charge on any atom is 0.320 e. The zero-order valence-corrected chi connectivity index (χ0v) is 9.60. The summed E-state index contributed by atoms with van der Waals surface area (Å²) in [6.07, 6.45) is 1.08. The van der Waals surface area contributed by atoms with Gasteiger partial charge >= 0.3 is 5.97 Å². The van der Waals surface area contributed by atoms with Crippen LogP contribution in [0.1, 0.15) is 11.1 Å². The number of carbonyl (C=O) groups is 1. The van der Waals surface area contributed by atoms with Crippen LogP contribution >= 0.6 is 0 Å². The highest BCUT2D eigenvalue weighted by Gasteiger charge is 2.23. The molecule has 1 aromatic carbocycles. The molecule has 0 saturated carbocycles. The summed E-state index contributed by atoms with van der Waals surface area (Å²) in [5.41, 5.74) is 7.48. The zero-order chi connectivity index (χ0) is 12.4. The van der Waals surface area contributed by atoms with Crippen LogP contribution in [0.2, 0.25) is 0 Å². The highest BCUT2D eigenvalue weighted by Crippen LogP contribution is 2.37. The highest BCUT2D eigenvalue weighted by atomic mass is 16.5. The van der Waals surface area contributed by atoms with Crippen molar-refractivity contribution in [2.24, 2.45) is 5.73 Å². The van der Waals surface area contributed by atoms with Crippen LogP contribution in [0, 0.1) is 0 Å². The molecule has 0 aliphatic carbocycles. The van der Waals surface area contributed by atoms with Gasteiger partial charge in [-0.1, -0.05) is 6.07 Å². The lowest BCUT2D eigenvalue weighted by atomic mass is 9.98. The van der Waals surface area contributed by atoms with Gasteiger partial charge in [0, 0.05) is 12.0 Å². The molecular formula is C12H15NO4. The van der Waals surface area contributed by atoms with Crippen LogP contribution in [-0.4, -0.2) is 30.8 Å². The summed E-state index contributed by atoms with van der Waals surface area (Å²) >= 11 is 0. The molecule has 0 fully saturated rings. The van der Waals surface area contributed by atoms with Crippen LogP contribution in [-0.2, 0) is 17.6 Å². The van der Waals surface area contributed by atoms with Gasteiger partial charge in [-0.3, -0.25) is 4.79 Å².